The van der Waals surface area contributed by atoms with Crippen molar-refractivity contribution in [1.29, 1.82) is 0 Å². The van der Waals surface area contributed by atoms with Gasteiger partial charge in [0.2, 0.25) is 23.6 Å². The molecule has 0 aromatic heterocycles. The van der Waals surface area contributed by atoms with E-state index in [2.05, 4.69) is 28.6 Å². The Hall–Kier alpha value is -2.38. The van der Waals surface area contributed by atoms with Gasteiger partial charge in [0.25, 0.3) is 0 Å². The number of carboxylic acids is 1. The fraction of sp³-hybridized carbons (Fsp3) is 0.688. The average molecular weight is 435 g/mol. The molecule has 166 valence electrons. The van der Waals surface area contributed by atoms with Crippen LogP contribution >= 0.6 is 12.6 Å². The first-order valence-corrected chi connectivity index (χ1v) is 9.65. The van der Waals surface area contributed by atoms with Gasteiger partial charge in [0, 0.05) is 5.75 Å². The maximum absolute atomic E-state index is 12.6. The van der Waals surface area contributed by atoms with Crippen molar-refractivity contribution in [3.05, 3.63) is 0 Å². The lowest BCUT2D eigenvalue weighted by Crippen LogP contribution is -2.57. The molecule has 0 aliphatic heterocycles. The van der Waals surface area contributed by atoms with Crippen LogP contribution in [0.1, 0.15) is 32.6 Å². The Kier molecular flexibility index (Phi) is 12.6. The number of carbonyl (C=O) groups is 5. The monoisotopic (exact) mass is 434 g/mol. The third-order valence-corrected chi connectivity index (χ3v) is 4.27. The number of thiol groups is 1. The molecule has 0 aliphatic carbocycles. The van der Waals surface area contributed by atoms with E-state index in [1.807, 2.05) is 0 Å². The summed E-state index contributed by atoms with van der Waals surface area (Å²) in [4.78, 5) is 59.1. The lowest BCUT2D eigenvalue weighted by molar-refractivity contribution is -0.142. The maximum atomic E-state index is 12.6. The summed E-state index contributed by atoms with van der Waals surface area (Å²) in [6, 6.07) is -4.64. The number of carbonyl (C=O) groups excluding carboxylic acids is 4. The SMILES string of the molecule is CC(NC(=O)C(CC(N)=O)NC(=O)C(CCCCN)NC(=O)C(N)CS)C(=O)O. The molecular formula is C16H30N6O6S. The Morgan fingerprint density at radius 3 is 2.00 bits per heavy atom. The Morgan fingerprint density at radius 1 is 0.966 bits per heavy atom. The van der Waals surface area contributed by atoms with Crippen LogP contribution in [0.3, 0.4) is 0 Å². The van der Waals surface area contributed by atoms with E-state index < -0.39 is 60.2 Å². The van der Waals surface area contributed by atoms with Crippen LogP contribution in [-0.2, 0) is 24.0 Å². The number of nitrogens with one attached hydrogen (secondary N) is 3. The Labute approximate surface area is 174 Å². The van der Waals surface area contributed by atoms with Crippen molar-refractivity contribution in [1.82, 2.24) is 16.0 Å². The minimum absolute atomic E-state index is 0.0583. The smallest absolute Gasteiger partial charge is 0.325 e. The number of carboxylic acid groups (broad SMARTS) is 1. The zero-order valence-electron chi connectivity index (χ0n) is 16.2. The molecule has 0 heterocycles. The van der Waals surface area contributed by atoms with E-state index >= 15 is 0 Å². The van der Waals surface area contributed by atoms with E-state index in [0.717, 1.165) is 0 Å². The first kappa shape index (κ1) is 26.6. The molecule has 12 nitrogen and oxygen atoms in total. The van der Waals surface area contributed by atoms with Crippen LogP contribution in [0.4, 0.5) is 0 Å². The molecule has 0 aromatic carbocycles. The van der Waals surface area contributed by atoms with Gasteiger partial charge in [-0.1, -0.05) is 0 Å². The van der Waals surface area contributed by atoms with Gasteiger partial charge < -0.3 is 38.3 Å². The number of hydrogen-bond acceptors (Lipinski definition) is 8. The number of aliphatic carboxylic acids is 1. The molecule has 29 heavy (non-hydrogen) atoms. The number of unbranched alkanes of at least 4 members (excludes halogenated alkanes) is 1. The largest absolute Gasteiger partial charge is 0.480 e. The highest BCUT2D eigenvalue weighted by atomic mass is 32.1. The summed E-state index contributed by atoms with van der Waals surface area (Å²) in [6.07, 6.45) is 0.765. The number of primary amides is 1. The molecule has 0 radical (unpaired) electrons. The van der Waals surface area contributed by atoms with Crippen molar-refractivity contribution < 1.29 is 29.1 Å². The zero-order valence-corrected chi connectivity index (χ0v) is 17.1. The zero-order chi connectivity index (χ0) is 22.6. The van der Waals surface area contributed by atoms with Gasteiger partial charge in [0.1, 0.15) is 18.1 Å². The molecule has 0 saturated heterocycles. The first-order chi connectivity index (χ1) is 13.5. The summed E-state index contributed by atoms with van der Waals surface area (Å²) in [5.41, 5.74) is 16.1. The summed E-state index contributed by atoms with van der Waals surface area (Å²) < 4.78 is 0. The predicted molar refractivity (Wildman–Crippen MR) is 108 cm³/mol. The van der Waals surface area contributed by atoms with E-state index in [1.54, 1.807) is 0 Å². The minimum Gasteiger partial charge on any atom is -0.480 e. The van der Waals surface area contributed by atoms with Crippen molar-refractivity contribution in [2.75, 3.05) is 12.3 Å². The summed E-state index contributed by atoms with van der Waals surface area (Å²) in [6.45, 7) is 1.61. The highest BCUT2D eigenvalue weighted by Gasteiger charge is 2.29. The van der Waals surface area contributed by atoms with Gasteiger partial charge in [-0.2, -0.15) is 12.6 Å². The Bertz CT molecular complexity index is 604. The van der Waals surface area contributed by atoms with Crippen molar-refractivity contribution in [2.45, 2.75) is 56.8 Å². The molecule has 0 fully saturated rings. The number of amides is 4. The van der Waals surface area contributed by atoms with Gasteiger partial charge in [0.15, 0.2) is 0 Å². The van der Waals surface area contributed by atoms with E-state index in [0.29, 0.717) is 19.4 Å². The number of nitrogens with two attached hydrogens (primary N) is 3. The molecule has 0 saturated carbocycles. The van der Waals surface area contributed by atoms with Crippen LogP contribution in [0, 0.1) is 0 Å². The first-order valence-electron chi connectivity index (χ1n) is 9.02. The van der Waals surface area contributed by atoms with Crippen LogP contribution in [0.25, 0.3) is 0 Å². The molecule has 0 bridgehead atoms. The lowest BCUT2D eigenvalue weighted by atomic mass is 10.1. The predicted octanol–water partition coefficient (Wildman–Crippen LogP) is -3.19. The van der Waals surface area contributed by atoms with Gasteiger partial charge >= 0.3 is 5.97 Å². The molecule has 0 rings (SSSR count). The maximum Gasteiger partial charge on any atom is 0.325 e. The van der Waals surface area contributed by atoms with Crippen LogP contribution in [0.5, 0.6) is 0 Å². The second-order valence-corrected chi connectivity index (χ2v) is 6.80. The van der Waals surface area contributed by atoms with Gasteiger partial charge in [-0.25, -0.2) is 0 Å². The number of rotatable bonds is 14. The summed E-state index contributed by atoms with van der Waals surface area (Å²) in [5.74, 6) is -4.37. The normalized spacial score (nSPS) is 14.8. The van der Waals surface area contributed by atoms with Crippen molar-refractivity contribution >= 4 is 42.2 Å². The van der Waals surface area contributed by atoms with Crippen molar-refractivity contribution in [3.8, 4) is 0 Å². The van der Waals surface area contributed by atoms with E-state index in [1.165, 1.54) is 6.92 Å². The molecule has 0 aliphatic rings. The molecular weight excluding hydrogens is 404 g/mol. The third-order valence-electron chi connectivity index (χ3n) is 3.88. The van der Waals surface area contributed by atoms with Gasteiger partial charge in [-0.15, -0.1) is 0 Å². The fourth-order valence-corrected chi connectivity index (χ4v) is 2.35. The molecule has 4 unspecified atom stereocenters. The molecule has 4 amide bonds. The van der Waals surface area contributed by atoms with Gasteiger partial charge in [0.05, 0.1) is 12.5 Å². The number of hydrogen-bond donors (Lipinski definition) is 8. The van der Waals surface area contributed by atoms with Gasteiger partial charge in [-0.3, -0.25) is 24.0 Å². The van der Waals surface area contributed by atoms with Crippen molar-refractivity contribution in [3.63, 3.8) is 0 Å². The van der Waals surface area contributed by atoms with E-state index in [-0.39, 0.29) is 12.2 Å². The standard InChI is InChI=1S/C16H30N6O6S/c1-8(16(27)28)20-15(26)11(6-12(19)23)22-14(25)10(4-2-3-5-17)21-13(24)9(18)7-29/h8-11,29H,2-7,17-18H2,1H3,(H2,19,23)(H,20,26)(H,21,24)(H,22,25)(H,27,28). The van der Waals surface area contributed by atoms with Crippen LogP contribution in [0.2, 0.25) is 0 Å². The second kappa shape index (κ2) is 13.7. The molecule has 4 atom stereocenters. The minimum atomic E-state index is -1.41. The van der Waals surface area contributed by atoms with Crippen LogP contribution in [0.15, 0.2) is 0 Å². The Morgan fingerprint density at radius 2 is 1.52 bits per heavy atom. The highest BCUT2D eigenvalue weighted by molar-refractivity contribution is 7.80. The highest BCUT2D eigenvalue weighted by Crippen LogP contribution is 2.04. The average Bonchev–Trinajstić information content (AvgIpc) is 2.65. The molecule has 10 N–H and O–H groups in total. The molecule has 0 aromatic rings. The topological polar surface area (TPSA) is 220 Å². The van der Waals surface area contributed by atoms with E-state index in [4.69, 9.17) is 22.3 Å². The van der Waals surface area contributed by atoms with Gasteiger partial charge in [-0.05, 0) is 32.7 Å². The Balaban J connectivity index is 5.30. The molecule has 0 spiro atoms. The quantitative estimate of drug-likeness (QED) is 0.102. The molecule has 13 heteroatoms. The summed E-state index contributed by atoms with van der Waals surface area (Å²) in [7, 11) is 0. The summed E-state index contributed by atoms with van der Waals surface area (Å²) in [5, 5.41) is 15.9. The lowest BCUT2D eigenvalue weighted by Gasteiger charge is -2.24. The van der Waals surface area contributed by atoms with Crippen LogP contribution < -0.4 is 33.2 Å². The van der Waals surface area contributed by atoms with Crippen LogP contribution in [-0.4, -0.2) is 71.2 Å². The third kappa shape index (κ3) is 10.7. The van der Waals surface area contributed by atoms with E-state index in [9.17, 15) is 24.0 Å². The summed E-state index contributed by atoms with van der Waals surface area (Å²) >= 11 is 3.93. The second-order valence-electron chi connectivity index (χ2n) is 6.43. The van der Waals surface area contributed by atoms with Crippen molar-refractivity contribution in [2.24, 2.45) is 17.2 Å². The fourth-order valence-electron chi connectivity index (χ4n) is 2.18.